The number of rotatable bonds is 20. The van der Waals surface area contributed by atoms with Gasteiger partial charge in [0.05, 0.1) is 24.3 Å². The second-order valence-corrected chi connectivity index (χ2v) is 11.2. The minimum atomic E-state index is -0.525. The maximum absolute atomic E-state index is 12.6. The third kappa shape index (κ3) is 13.4. The van der Waals surface area contributed by atoms with Gasteiger partial charge in [0.1, 0.15) is 17.2 Å². The number of esters is 3. The highest BCUT2D eigenvalue weighted by atomic mass is 16.5. The number of carbonyl (C=O) groups excluding carboxylic acids is 3. The van der Waals surface area contributed by atoms with Crippen molar-refractivity contribution in [2.75, 3.05) is 13.2 Å². The van der Waals surface area contributed by atoms with Gasteiger partial charge in [-0.1, -0.05) is 70.6 Å². The Balaban J connectivity index is 1.35. The minimum absolute atomic E-state index is 0.314. The monoisotopic (exact) mass is 614 g/mol. The van der Waals surface area contributed by atoms with Crippen LogP contribution < -0.4 is 14.2 Å². The molecule has 0 bridgehead atoms. The Labute approximate surface area is 267 Å². The van der Waals surface area contributed by atoms with Crippen LogP contribution in [0.15, 0.2) is 84.9 Å². The Bertz CT molecular complexity index is 1340. The largest absolute Gasteiger partial charge is 0.494 e. The van der Waals surface area contributed by atoms with Gasteiger partial charge < -0.3 is 18.9 Å². The summed E-state index contributed by atoms with van der Waals surface area (Å²) in [4.78, 5) is 36.6. The zero-order valence-corrected chi connectivity index (χ0v) is 26.7. The average molecular weight is 615 g/mol. The molecular formula is C38H46O7. The molecule has 0 heterocycles. The molecule has 45 heavy (non-hydrogen) atoms. The highest BCUT2D eigenvalue weighted by Gasteiger charge is 2.12. The Morgan fingerprint density at radius 2 is 1.04 bits per heavy atom. The highest BCUT2D eigenvalue weighted by Crippen LogP contribution is 2.20. The molecule has 7 heteroatoms. The normalized spacial score (nSPS) is 10.6. The van der Waals surface area contributed by atoms with Gasteiger partial charge in [0.15, 0.2) is 0 Å². The zero-order valence-electron chi connectivity index (χ0n) is 26.7. The van der Waals surface area contributed by atoms with E-state index in [-0.39, 0.29) is 0 Å². The van der Waals surface area contributed by atoms with Crippen LogP contribution in [0.25, 0.3) is 0 Å². The van der Waals surface area contributed by atoms with E-state index in [0.717, 1.165) is 6.42 Å². The third-order valence-corrected chi connectivity index (χ3v) is 7.23. The van der Waals surface area contributed by atoms with Crippen LogP contribution >= 0.6 is 0 Å². The second-order valence-electron chi connectivity index (χ2n) is 11.2. The van der Waals surface area contributed by atoms with Gasteiger partial charge in [-0.05, 0) is 98.8 Å². The van der Waals surface area contributed by atoms with E-state index in [1.54, 1.807) is 55.5 Å². The van der Waals surface area contributed by atoms with Crippen LogP contribution in [0.3, 0.4) is 0 Å². The summed E-state index contributed by atoms with van der Waals surface area (Å²) in [6.45, 7) is 8.16. The van der Waals surface area contributed by atoms with Gasteiger partial charge in [-0.3, -0.25) is 0 Å². The van der Waals surface area contributed by atoms with Crippen LogP contribution in [0.5, 0.6) is 17.2 Å². The van der Waals surface area contributed by atoms with E-state index in [2.05, 4.69) is 13.5 Å². The van der Waals surface area contributed by atoms with Crippen LogP contribution in [0, 0.1) is 0 Å². The number of hydrogen-bond acceptors (Lipinski definition) is 7. The Morgan fingerprint density at radius 3 is 1.58 bits per heavy atom. The van der Waals surface area contributed by atoms with Gasteiger partial charge in [0.25, 0.3) is 0 Å². The third-order valence-electron chi connectivity index (χ3n) is 7.23. The molecule has 0 aliphatic carbocycles. The lowest BCUT2D eigenvalue weighted by Gasteiger charge is -2.09. The number of hydrogen-bond donors (Lipinski definition) is 0. The molecule has 0 N–H and O–H groups in total. The van der Waals surface area contributed by atoms with E-state index in [1.165, 1.54) is 56.9 Å². The molecule has 0 radical (unpaired) electrons. The van der Waals surface area contributed by atoms with E-state index in [4.69, 9.17) is 18.9 Å². The first-order valence-electron chi connectivity index (χ1n) is 16.0. The van der Waals surface area contributed by atoms with Crippen molar-refractivity contribution in [3.63, 3.8) is 0 Å². The van der Waals surface area contributed by atoms with Crippen LogP contribution in [0.4, 0.5) is 0 Å². The Kier molecular flexibility index (Phi) is 15.4. The summed E-state index contributed by atoms with van der Waals surface area (Å²) in [7, 11) is 0. The Morgan fingerprint density at radius 1 is 0.578 bits per heavy atom. The number of ether oxygens (including phenoxy) is 4. The van der Waals surface area contributed by atoms with Crippen molar-refractivity contribution >= 4 is 17.9 Å². The molecule has 0 saturated carbocycles. The molecule has 7 nitrogen and oxygen atoms in total. The molecule has 0 atom stereocenters. The summed E-state index contributed by atoms with van der Waals surface area (Å²) >= 11 is 0. The van der Waals surface area contributed by atoms with Gasteiger partial charge in [-0.25, -0.2) is 14.4 Å². The predicted molar refractivity (Wildman–Crippen MR) is 176 cm³/mol. The lowest BCUT2D eigenvalue weighted by molar-refractivity contribution is -0.139. The van der Waals surface area contributed by atoms with Gasteiger partial charge >= 0.3 is 17.9 Å². The summed E-state index contributed by atoms with van der Waals surface area (Å²) < 4.78 is 21.7. The van der Waals surface area contributed by atoms with Crippen molar-refractivity contribution in [1.82, 2.24) is 0 Å². The fourth-order valence-electron chi connectivity index (χ4n) is 4.55. The molecule has 3 aromatic rings. The molecule has 0 spiro atoms. The van der Waals surface area contributed by atoms with E-state index in [9.17, 15) is 14.4 Å². The number of carbonyl (C=O) groups is 3. The van der Waals surface area contributed by atoms with Crippen LogP contribution in [0.2, 0.25) is 0 Å². The van der Waals surface area contributed by atoms with Crippen molar-refractivity contribution < 1.29 is 33.3 Å². The molecule has 0 fully saturated rings. The first-order chi connectivity index (χ1) is 21.9. The number of aryl methyl sites for hydroxylation is 1. The van der Waals surface area contributed by atoms with Crippen molar-refractivity contribution in [2.45, 2.75) is 84.5 Å². The summed E-state index contributed by atoms with van der Waals surface area (Å²) in [6.07, 6.45) is 12.8. The molecule has 0 aliphatic rings. The van der Waals surface area contributed by atoms with Crippen molar-refractivity contribution in [3.8, 4) is 17.2 Å². The second kappa shape index (κ2) is 19.8. The molecule has 240 valence electrons. The van der Waals surface area contributed by atoms with Gasteiger partial charge in [0.2, 0.25) is 0 Å². The maximum atomic E-state index is 12.6. The zero-order chi connectivity index (χ0) is 32.3. The average Bonchev–Trinajstić information content (AvgIpc) is 3.05. The topological polar surface area (TPSA) is 88.1 Å². The molecule has 0 amide bonds. The van der Waals surface area contributed by atoms with E-state index in [1.807, 2.05) is 24.3 Å². The fourth-order valence-corrected chi connectivity index (χ4v) is 4.55. The summed E-state index contributed by atoms with van der Waals surface area (Å²) in [5.41, 5.74) is 2.34. The summed E-state index contributed by atoms with van der Waals surface area (Å²) in [6, 6.07) is 20.6. The van der Waals surface area contributed by atoms with Crippen molar-refractivity contribution in [2.24, 2.45) is 0 Å². The van der Waals surface area contributed by atoms with Crippen molar-refractivity contribution in [3.05, 3.63) is 102 Å². The van der Waals surface area contributed by atoms with Gasteiger partial charge in [-0.15, -0.1) is 0 Å². The fraction of sp³-hybridized carbons (Fsp3) is 0.395. The smallest absolute Gasteiger partial charge is 0.343 e. The molecule has 3 rings (SSSR count). The molecule has 0 aromatic heterocycles. The van der Waals surface area contributed by atoms with Crippen LogP contribution in [-0.2, 0) is 16.0 Å². The predicted octanol–water partition coefficient (Wildman–Crippen LogP) is 9.09. The summed E-state index contributed by atoms with van der Waals surface area (Å²) in [5, 5.41) is 0. The first-order valence-corrected chi connectivity index (χ1v) is 16.0. The van der Waals surface area contributed by atoms with Crippen molar-refractivity contribution in [1.29, 1.82) is 0 Å². The lowest BCUT2D eigenvalue weighted by Crippen LogP contribution is -2.10. The molecule has 0 unspecified atom stereocenters. The summed E-state index contributed by atoms with van der Waals surface area (Å²) in [5.74, 6) is 0.0283. The van der Waals surface area contributed by atoms with E-state index < -0.39 is 17.9 Å². The van der Waals surface area contributed by atoms with Gasteiger partial charge in [0, 0.05) is 5.57 Å². The molecular weight excluding hydrogens is 568 g/mol. The molecule has 0 saturated heterocycles. The maximum Gasteiger partial charge on any atom is 0.343 e. The lowest BCUT2D eigenvalue weighted by atomic mass is 10.0. The minimum Gasteiger partial charge on any atom is -0.494 e. The van der Waals surface area contributed by atoms with E-state index in [0.29, 0.717) is 60.0 Å². The highest BCUT2D eigenvalue weighted by molar-refractivity contribution is 5.92. The SMILES string of the molecule is C=C(C)C(=O)OCCCCOc1ccc(C(=O)Oc2ccc(C(=O)Oc3ccc(CCCCCCCCCC)cc3)cc2)cc1. The van der Waals surface area contributed by atoms with Crippen LogP contribution in [-0.4, -0.2) is 31.1 Å². The first kappa shape index (κ1) is 35.1. The van der Waals surface area contributed by atoms with E-state index >= 15 is 0 Å². The quantitative estimate of drug-likeness (QED) is 0.0543. The van der Waals surface area contributed by atoms with Crippen LogP contribution in [0.1, 0.15) is 104 Å². The number of benzene rings is 3. The Hall–Kier alpha value is -4.39. The number of unbranched alkanes of at least 4 members (excludes halogenated alkanes) is 8. The standard InChI is InChI=1S/C38H46O7/c1-4-5-6-7-8-9-10-11-14-30-15-21-34(22-16-30)44-38(41)32-19-25-35(26-20-32)45-37(40)31-17-23-33(24-18-31)42-27-12-13-28-43-36(39)29(2)3/h15-26H,2,4-14,27-28H2,1,3H3. The van der Waals surface area contributed by atoms with Gasteiger partial charge in [-0.2, -0.15) is 0 Å². The molecule has 0 aliphatic heterocycles. The molecule has 3 aromatic carbocycles.